The predicted molar refractivity (Wildman–Crippen MR) is 139 cm³/mol. The van der Waals surface area contributed by atoms with Crippen LogP contribution < -0.4 is 10.0 Å². The van der Waals surface area contributed by atoms with Crippen molar-refractivity contribution in [1.29, 1.82) is 0 Å². The maximum atomic E-state index is 13.3. The van der Waals surface area contributed by atoms with Crippen LogP contribution in [-0.4, -0.2) is 57.6 Å². The van der Waals surface area contributed by atoms with Crippen molar-refractivity contribution >= 4 is 60.8 Å². The van der Waals surface area contributed by atoms with E-state index in [4.69, 9.17) is 16.2 Å². The van der Waals surface area contributed by atoms with Crippen molar-refractivity contribution in [3.63, 3.8) is 0 Å². The van der Waals surface area contributed by atoms with Crippen molar-refractivity contribution in [3.8, 4) is 0 Å². The third kappa shape index (κ3) is 6.47. The molecule has 1 saturated carbocycles. The summed E-state index contributed by atoms with van der Waals surface area (Å²) in [5.41, 5.74) is 1.21. The van der Waals surface area contributed by atoms with Crippen LogP contribution in [0.2, 0.25) is 4.34 Å². The molecular weight excluding hydrogens is 596 g/mol. The van der Waals surface area contributed by atoms with E-state index in [1.807, 2.05) is 10.8 Å². The number of aromatic nitrogens is 2. The van der Waals surface area contributed by atoms with E-state index in [9.17, 15) is 23.4 Å². The fourth-order valence-corrected chi connectivity index (χ4v) is 6.25. The standard InChI is InChI=1S/C22H22BrClN4O6S2/c23-13-3-1-2-11(4-13)19(30)15-7-18(35-21(15)24)20(31)16-9-25-10-26-22(16)28-14-5-12(17(29)6-14)8-27-36(32,33)34/h1-4,7,9-10,12,14,17,19,27,29-30H,5-6,8H2,(H,25,26,28)(H,32,33,34)/t12-,14-,17+,19-/m1/s1. The van der Waals surface area contributed by atoms with Crippen LogP contribution in [0, 0.1) is 5.92 Å². The Bertz CT molecular complexity index is 1370. The Balaban J connectivity index is 1.51. The molecular formula is C22H22BrClN4O6S2. The molecule has 0 radical (unpaired) electrons. The highest BCUT2D eigenvalue weighted by molar-refractivity contribution is 9.10. The van der Waals surface area contributed by atoms with Crippen LogP contribution >= 0.6 is 38.9 Å². The minimum absolute atomic E-state index is 0.121. The van der Waals surface area contributed by atoms with Gasteiger partial charge in [0.1, 0.15) is 18.2 Å². The molecule has 5 N–H and O–H groups in total. The zero-order chi connectivity index (χ0) is 26.0. The number of anilines is 1. The molecule has 1 aliphatic carbocycles. The van der Waals surface area contributed by atoms with E-state index in [1.54, 1.807) is 24.3 Å². The van der Waals surface area contributed by atoms with E-state index in [1.165, 1.54) is 12.5 Å². The van der Waals surface area contributed by atoms with Crippen molar-refractivity contribution < 1.29 is 28.0 Å². The number of benzene rings is 1. The number of carbonyl (C=O) groups excluding carboxylic acids is 1. The van der Waals surface area contributed by atoms with Gasteiger partial charge in [0, 0.05) is 34.7 Å². The summed E-state index contributed by atoms with van der Waals surface area (Å²) in [5.74, 6) is -0.557. The number of rotatable bonds is 9. The number of hydrogen-bond donors (Lipinski definition) is 5. The Labute approximate surface area is 224 Å². The van der Waals surface area contributed by atoms with Crippen LogP contribution in [-0.2, 0) is 10.3 Å². The smallest absolute Gasteiger partial charge is 0.333 e. The molecule has 3 aromatic rings. The molecule has 192 valence electrons. The van der Waals surface area contributed by atoms with Crippen molar-refractivity contribution in [2.24, 2.45) is 5.92 Å². The molecule has 2 aromatic heterocycles. The van der Waals surface area contributed by atoms with Gasteiger partial charge in [-0.05, 0) is 36.6 Å². The van der Waals surface area contributed by atoms with E-state index in [2.05, 4.69) is 31.2 Å². The molecule has 2 heterocycles. The van der Waals surface area contributed by atoms with Gasteiger partial charge in [0.05, 0.1) is 20.9 Å². The van der Waals surface area contributed by atoms with Crippen LogP contribution in [0.4, 0.5) is 5.82 Å². The lowest BCUT2D eigenvalue weighted by molar-refractivity contribution is 0.104. The lowest BCUT2D eigenvalue weighted by atomic mass is 10.0. The third-order valence-electron chi connectivity index (χ3n) is 5.88. The summed E-state index contributed by atoms with van der Waals surface area (Å²) < 4.78 is 33.9. The Morgan fingerprint density at radius 3 is 2.81 bits per heavy atom. The molecule has 0 aliphatic heterocycles. The van der Waals surface area contributed by atoms with Crippen LogP contribution in [0.5, 0.6) is 0 Å². The van der Waals surface area contributed by atoms with Crippen LogP contribution in [0.1, 0.15) is 45.3 Å². The summed E-state index contributed by atoms with van der Waals surface area (Å²) in [6, 6.07) is 8.40. The van der Waals surface area contributed by atoms with Crippen molar-refractivity contribution in [2.75, 3.05) is 11.9 Å². The van der Waals surface area contributed by atoms with Gasteiger partial charge in [-0.2, -0.15) is 13.1 Å². The maximum Gasteiger partial charge on any atom is 0.333 e. The number of thiophene rings is 1. The molecule has 4 atom stereocenters. The average molecular weight is 618 g/mol. The van der Waals surface area contributed by atoms with Gasteiger partial charge in [0.15, 0.2) is 0 Å². The Morgan fingerprint density at radius 2 is 2.08 bits per heavy atom. The third-order valence-corrected chi connectivity index (χ3v) is 8.29. The second-order valence-electron chi connectivity index (χ2n) is 8.38. The molecule has 1 aromatic carbocycles. The molecule has 0 unspecified atom stereocenters. The molecule has 1 aliphatic rings. The highest BCUT2D eigenvalue weighted by Gasteiger charge is 2.34. The first-order valence-corrected chi connectivity index (χ1v) is 14.2. The zero-order valence-corrected chi connectivity index (χ0v) is 22.5. The minimum atomic E-state index is -4.36. The van der Waals surface area contributed by atoms with Crippen LogP contribution in [0.25, 0.3) is 0 Å². The highest BCUT2D eigenvalue weighted by Crippen LogP contribution is 2.37. The monoisotopic (exact) mass is 616 g/mol. The summed E-state index contributed by atoms with van der Waals surface area (Å²) in [6.45, 7) is -0.121. The topological polar surface area (TPSA) is 162 Å². The SMILES string of the molecule is O=C(c1cc([C@H](O)c2cccc(Br)c2)c(Cl)s1)c1cncnc1N[C@@H]1C[C@H](CNS(=O)(=O)O)[C@@H](O)C1. The molecule has 1 fully saturated rings. The largest absolute Gasteiger partial charge is 0.393 e. The number of halogens is 2. The first-order chi connectivity index (χ1) is 17.0. The van der Waals surface area contributed by atoms with Crippen LogP contribution in [0.15, 0.2) is 47.3 Å². The number of aliphatic hydroxyl groups is 2. The van der Waals surface area contributed by atoms with Crippen molar-refractivity contribution in [2.45, 2.75) is 31.1 Å². The first-order valence-electron chi connectivity index (χ1n) is 10.8. The molecule has 0 spiro atoms. The average Bonchev–Trinajstić information content (AvgIpc) is 3.38. The molecule has 36 heavy (non-hydrogen) atoms. The van der Waals surface area contributed by atoms with Crippen LogP contribution in [0.3, 0.4) is 0 Å². The van der Waals surface area contributed by atoms with Crippen molar-refractivity contribution in [3.05, 3.63) is 73.2 Å². The molecule has 0 bridgehead atoms. The summed E-state index contributed by atoms with van der Waals surface area (Å²) in [6.07, 6.45) is 1.50. The summed E-state index contributed by atoms with van der Waals surface area (Å²) >= 11 is 10.8. The maximum absolute atomic E-state index is 13.3. The molecule has 0 amide bonds. The van der Waals surface area contributed by atoms with Crippen molar-refractivity contribution in [1.82, 2.24) is 14.7 Å². The van der Waals surface area contributed by atoms with Gasteiger partial charge in [-0.1, -0.05) is 39.7 Å². The first kappa shape index (κ1) is 27.1. The highest BCUT2D eigenvalue weighted by atomic mass is 79.9. The van der Waals surface area contributed by atoms with Gasteiger partial charge >= 0.3 is 10.3 Å². The Morgan fingerprint density at radius 1 is 1.31 bits per heavy atom. The number of nitrogens with one attached hydrogen (secondary N) is 2. The van der Waals surface area contributed by atoms with E-state index < -0.39 is 28.4 Å². The van der Waals surface area contributed by atoms with Gasteiger partial charge in [-0.3, -0.25) is 9.35 Å². The Kier molecular flexibility index (Phi) is 8.42. The predicted octanol–water partition coefficient (Wildman–Crippen LogP) is 3.21. The quantitative estimate of drug-likeness (QED) is 0.179. The number of nitrogens with zero attached hydrogens (tertiary/aromatic N) is 2. The van der Waals surface area contributed by atoms with Gasteiger partial charge in [-0.15, -0.1) is 11.3 Å². The summed E-state index contributed by atoms with van der Waals surface area (Å²) in [4.78, 5) is 21.8. The van der Waals surface area contributed by atoms with Gasteiger partial charge < -0.3 is 15.5 Å². The lowest BCUT2D eigenvalue weighted by Crippen LogP contribution is -2.32. The number of carbonyl (C=O) groups is 1. The fraction of sp³-hybridized carbons (Fsp3) is 0.318. The minimum Gasteiger partial charge on any atom is -0.393 e. The number of hydrogen-bond acceptors (Lipinski definition) is 9. The van der Waals surface area contributed by atoms with Gasteiger partial charge in [-0.25, -0.2) is 9.97 Å². The second-order valence-corrected chi connectivity index (χ2v) is 12.2. The molecule has 0 saturated heterocycles. The summed E-state index contributed by atoms with van der Waals surface area (Å²) in [7, 11) is -4.36. The lowest BCUT2D eigenvalue weighted by Gasteiger charge is -2.15. The zero-order valence-electron chi connectivity index (χ0n) is 18.5. The van der Waals surface area contributed by atoms with Gasteiger partial charge in [0.2, 0.25) is 5.78 Å². The van der Waals surface area contributed by atoms with Gasteiger partial charge in [0.25, 0.3) is 0 Å². The fourth-order valence-electron chi connectivity index (χ4n) is 4.13. The van der Waals surface area contributed by atoms with E-state index in [0.29, 0.717) is 28.8 Å². The second kappa shape index (κ2) is 11.2. The van der Waals surface area contributed by atoms with E-state index in [-0.39, 0.29) is 34.1 Å². The number of ketones is 1. The normalized spacial score (nSPS) is 20.9. The van der Waals surface area contributed by atoms with E-state index >= 15 is 0 Å². The molecule has 14 heteroatoms. The van der Waals surface area contributed by atoms with E-state index in [0.717, 1.165) is 15.8 Å². The Hall–Kier alpha value is -1.97. The molecule has 10 nitrogen and oxygen atoms in total. The summed E-state index contributed by atoms with van der Waals surface area (Å²) in [5, 5.41) is 24.3. The molecule has 4 rings (SSSR count). The number of aliphatic hydroxyl groups excluding tert-OH is 2.